The van der Waals surface area contributed by atoms with Gasteiger partial charge in [0.25, 0.3) is 0 Å². The summed E-state index contributed by atoms with van der Waals surface area (Å²) in [5.74, 6) is 0.375. The minimum absolute atomic E-state index is 0.0571. The van der Waals surface area contributed by atoms with E-state index in [4.69, 9.17) is 26.3 Å². The normalized spacial score (nSPS) is 24.2. The maximum absolute atomic E-state index is 16.5. The number of ether oxygens (including phenoxy) is 1. The maximum atomic E-state index is 16.5. The lowest BCUT2D eigenvalue weighted by molar-refractivity contribution is 0.108. The number of hydrogen-bond acceptors (Lipinski definition) is 7. The average molecular weight is 551 g/mol. The van der Waals surface area contributed by atoms with Gasteiger partial charge >= 0.3 is 6.01 Å². The van der Waals surface area contributed by atoms with Gasteiger partial charge in [-0.25, -0.2) is 4.39 Å². The summed E-state index contributed by atoms with van der Waals surface area (Å²) in [6, 6.07) is 6.67. The molecule has 4 saturated heterocycles. The number of halogens is 2. The lowest BCUT2D eigenvalue weighted by Crippen LogP contribution is -2.51. The van der Waals surface area contributed by atoms with Gasteiger partial charge < -0.3 is 15.0 Å². The molecule has 4 fully saturated rings. The molecule has 7 rings (SSSR count). The highest BCUT2D eigenvalue weighted by Crippen LogP contribution is 2.41. The highest BCUT2D eigenvalue weighted by atomic mass is 35.5. The number of fused-ring (bicyclic) bond motifs is 4. The molecule has 1 aromatic carbocycles. The zero-order valence-electron chi connectivity index (χ0n) is 22.7. The molecule has 39 heavy (non-hydrogen) atoms. The molecular weight excluding hydrogens is 515 g/mol. The van der Waals surface area contributed by atoms with Crippen molar-refractivity contribution >= 4 is 28.3 Å². The van der Waals surface area contributed by atoms with Gasteiger partial charge in [-0.15, -0.1) is 0 Å². The number of nitrogens with zero attached hydrogens (tertiary/aromatic N) is 5. The van der Waals surface area contributed by atoms with E-state index < -0.39 is 5.82 Å². The molecule has 9 heteroatoms. The van der Waals surface area contributed by atoms with Crippen LogP contribution in [0.3, 0.4) is 0 Å². The van der Waals surface area contributed by atoms with Crippen LogP contribution in [0.25, 0.3) is 22.2 Å². The minimum atomic E-state index is -0.454. The highest BCUT2D eigenvalue weighted by Gasteiger charge is 2.45. The molecule has 4 aliphatic rings. The first-order valence-corrected chi connectivity index (χ1v) is 14.8. The Kier molecular flexibility index (Phi) is 6.40. The zero-order chi connectivity index (χ0) is 26.7. The summed E-state index contributed by atoms with van der Waals surface area (Å²) >= 11 is 6.56. The van der Waals surface area contributed by atoms with E-state index in [1.54, 1.807) is 6.20 Å². The fraction of sp³-hybridized carbons (Fsp3) is 0.567. The quantitative estimate of drug-likeness (QED) is 0.431. The van der Waals surface area contributed by atoms with Crippen molar-refractivity contribution in [1.82, 2.24) is 25.2 Å². The van der Waals surface area contributed by atoms with Gasteiger partial charge in [0.05, 0.1) is 10.9 Å². The van der Waals surface area contributed by atoms with Crippen molar-refractivity contribution in [3.63, 3.8) is 0 Å². The van der Waals surface area contributed by atoms with Crippen LogP contribution in [0, 0.1) is 5.82 Å². The molecule has 0 spiro atoms. The van der Waals surface area contributed by atoms with Crippen molar-refractivity contribution in [3.05, 3.63) is 40.8 Å². The number of hydrogen-bond donors (Lipinski definition) is 1. The Labute approximate surface area is 234 Å². The summed E-state index contributed by atoms with van der Waals surface area (Å²) in [7, 11) is 0. The molecule has 0 amide bonds. The van der Waals surface area contributed by atoms with E-state index in [-0.39, 0.29) is 28.7 Å². The van der Waals surface area contributed by atoms with Gasteiger partial charge in [0.2, 0.25) is 0 Å². The average Bonchev–Trinajstić information content (AvgIpc) is 3.60. The number of rotatable bonds is 6. The van der Waals surface area contributed by atoms with Crippen molar-refractivity contribution in [2.24, 2.45) is 0 Å². The van der Waals surface area contributed by atoms with Crippen LogP contribution in [-0.4, -0.2) is 70.3 Å². The Morgan fingerprint density at radius 1 is 1.13 bits per heavy atom. The van der Waals surface area contributed by atoms with E-state index in [9.17, 15) is 0 Å². The van der Waals surface area contributed by atoms with Crippen LogP contribution in [0.2, 0.25) is 5.02 Å². The minimum Gasteiger partial charge on any atom is -0.461 e. The van der Waals surface area contributed by atoms with Crippen molar-refractivity contribution < 1.29 is 9.13 Å². The fourth-order valence-electron chi connectivity index (χ4n) is 7.48. The summed E-state index contributed by atoms with van der Waals surface area (Å²) in [4.78, 5) is 19.1. The van der Waals surface area contributed by atoms with Crippen LogP contribution in [0.1, 0.15) is 63.9 Å². The first-order chi connectivity index (χ1) is 18.9. The number of anilines is 1. The molecule has 0 saturated carbocycles. The van der Waals surface area contributed by atoms with E-state index in [1.807, 2.05) is 18.2 Å². The molecule has 2 aromatic heterocycles. The second kappa shape index (κ2) is 9.82. The molecule has 2 unspecified atom stereocenters. The Morgan fingerprint density at radius 2 is 1.87 bits per heavy atom. The third-order valence-corrected chi connectivity index (χ3v) is 9.66. The number of piperazine rings is 1. The molecule has 206 valence electrons. The summed E-state index contributed by atoms with van der Waals surface area (Å²) in [5, 5.41) is 4.92. The van der Waals surface area contributed by atoms with Crippen molar-refractivity contribution in [1.29, 1.82) is 0 Å². The molecule has 0 radical (unpaired) electrons. The number of aromatic nitrogens is 3. The smallest absolute Gasteiger partial charge is 0.319 e. The largest absolute Gasteiger partial charge is 0.461 e. The van der Waals surface area contributed by atoms with Gasteiger partial charge in [-0.2, -0.15) is 9.97 Å². The molecule has 6 heterocycles. The van der Waals surface area contributed by atoms with E-state index >= 15 is 4.39 Å². The number of pyridine rings is 1. The van der Waals surface area contributed by atoms with Gasteiger partial charge in [0, 0.05) is 42.0 Å². The van der Waals surface area contributed by atoms with Crippen molar-refractivity contribution in [3.8, 4) is 17.3 Å². The standard InChI is InChI=1S/C30H36ClFN6O/c1-18(2)24-21(6-3-7-23(24)31)26-25(32)27-22(14-33-26)28(37-15-19-8-9-20(16-37)34-19)36-29(35-27)39-17-30-10-4-12-38(30)13-5-11-30/h3,6-7,14,18-20,34H,4-5,8-13,15-17H2,1-2H3. The monoisotopic (exact) mass is 550 g/mol. The molecule has 3 aromatic rings. The molecule has 7 nitrogen and oxygen atoms in total. The Bertz CT molecular complexity index is 1390. The number of benzene rings is 1. The van der Waals surface area contributed by atoms with Crippen molar-refractivity contribution in [2.75, 3.05) is 37.7 Å². The van der Waals surface area contributed by atoms with Gasteiger partial charge in [-0.1, -0.05) is 37.6 Å². The first kappa shape index (κ1) is 25.4. The Balaban J connectivity index is 1.33. The zero-order valence-corrected chi connectivity index (χ0v) is 23.5. The molecule has 2 atom stereocenters. The van der Waals surface area contributed by atoms with Crippen LogP contribution in [0.15, 0.2) is 24.4 Å². The van der Waals surface area contributed by atoms with Crippen LogP contribution in [0.4, 0.5) is 10.2 Å². The SMILES string of the molecule is CC(C)c1c(Cl)cccc1-c1ncc2c(N3CC4CCC(C3)N4)nc(OCC34CCCN3CCC4)nc2c1F. The van der Waals surface area contributed by atoms with Crippen LogP contribution >= 0.6 is 11.6 Å². The second-order valence-electron chi connectivity index (χ2n) is 12.1. The maximum Gasteiger partial charge on any atom is 0.319 e. The van der Waals surface area contributed by atoms with Gasteiger partial charge in [-0.3, -0.25) is 9.88 Å². The molecular formula is C30H36ClFN6O. The topological polar surface area (TPSA) is 66.4 Å². The first-order valence-electron chi connectivity index (χ1n) is 14.5. The molecule has 4 aliphatic heterocycles. The molecule has 0 aliphatic carbocycles. The summed E-state index contributed by atoms with van der Waals surface area (Å²) < 4.78 is 22.9. The van der Waals surface area contributed by atoms with Crippen molar-refractivity contribution in [2.45, 2.75) is 75.9 Å². The number of nitrogens with one attached hydrogen (secondary N) is 1. The second-order valence-corrected chi connectivity index (χ2v) is 12.5. The van der Waals surface area contributed by atoms with Gasteiger partial charge in [0.1, 0.15) is 23.6 Å². The van der Waals surface area contributed by atoms with E-state index in [0.717, 1.165) is 57.4 Å². The predicted molar refractivity (Wildman–Crippen MR) is 152 cm³/mol. The van der Waals surface area contributed by atoms with Crippen LogP contribution in [-0.2, 0) is 0 Å². The fourth-order valence-corrected chi connectivity index (χ4v) is 7.87. The van der Waals surface area contributed by atoms with Crippen LogP contribution in [0.5, 0.6) is 6.01 Å². The van der Waals surface area contributed by atoms with Gasteiger partial charge in [-0.05, 0) is 69.2 Å². The lowest BCUT2D eigenvalue weighted by Gasteiger charge is -2.34. The molecule has 1 N–H and O–H groups in total. The van der Waals surface area contributed by atoms with E-state index in [2.05, 4.69) is 33.9 Å². The third-order valence-electron chi connectivity index (χ3n) is 9.33. The molecule has 2 bridgehead atoms. The Morgan fingerprint density at radius 3 is 2.59 bits per heavy atom. The lowest BCUT2D eigenvalue weighted by atomic mass is 9.94. The highest BCUT2D eigenvalue weighted by molar-refractivity contribution is 6.31. The van der Waals surface area contributed by atoms with E-state index in [1.165, 1.54) is 12.8 Å². The van der Waals surface area contributed by atoms with Crippen LogP contribution < -0.4 is 15.0 Å². The van der Waals surface area contributed by atoms with Gasteiger partial charge in [0.15, 0.2) is 5.82 Å². The summed E-state index contributed by atoms with van der Waals surface area (Å²) in [6.45, 7) is 8.56. The Hall–Kier alpha value is -2.55. The predicted octanol–water partition coefficient (Wildman–Crippen LogP) is 5.56. The van der Waals surface area contributed by atoms with E-state index in [0.29, 0.717) is 40.5 Å². The summed E-state index contributed by atoms with van der Waals surface area (Å²) in [5.41, 5.74) is 2.16. The summed E-state index contributed by atoms with van der Waals surface area (Å²) in [6.07, 6.45) is 8.67. The third kappa shape index (κ3) is 4.35.